The number of piperidine rings is 1. The van der Waals surface area contributed by atoms with Crippen LogP contribution in [0.25, 0.3) is 0 Å². The topological polar surface area (TPSA) is 100 Å². The van der Waals surface area contributed by atoms with Crippen molar-refractivity contribution in [3.63, 3.8) is 0 Å². The van der Waals surface area contributed by atoms with E-state index < -0.39 is 10.0 Å². The Bertz CT molecular complexity index is 1290. The monoisotopic (exact) mass is 529 g/mol. The number of aromatic nitrogens is 2. The maximum absolute atomic E-state index is 13.6. The molecule has 0 unspecified atom stereocenters. The molecule has 0 atom stereocenters. The number of hydrogen-bond donors (Lipinski definition) is 1. The highest BCUT2D eigenvalue weighted by molar-refractivity contribution is 7.89. The number of likely N-dealkylation sites (N-methyl/N-ethyl adjacent to an activating group) is 1. The molecule has 10 nitrogen and oxygen atoms in total. The summed E-state index contributed by atoms with van der Waals surface area (Å²) in [5.74, 6) is -0.0770. The van der Waals surface area contributed by atoms with Crippen LogP contribution in [-0.2, 0) is 32.6 Å². The van der Waals surface area contributed by atoms with Crippen LogP contribution in [0.3, 0.4) is 0 Å². The molecule has 3 aliphatic rings. The average molecular weight is 530 g/mol. The van der Waals surface area contributed by atoms with Crippen LogP contribution in [-0.4, -0.2) is 92.1 Å². The minimum atomic E-state index is -3.79. The summed E-state index contributed by atoms with van der Waals surface area (Å²) in [6, 6.07) is 7.86. The predicted octanol–water partition coefficient (Wildman–Crippen LogP) is -0.153. The third kappa shape index (κ3) is 4.92. The zero-order valence-electron chi connectivity index (χ0n) is 21.9. The Morgan fingerprint density at radius 1 is 1.03 bits per heavy atom. The maximum Gasteiger partial charge on any atom is 0.248 e. The van der Waals surface area contributed by atoms with Crippen molar-refractivity contribution in [3.05, 3.63) is 41.2 Å². The molecule has 4 heterocycles. The van der Waals surface area contributed by atoms with Crippen molar-refractivity contribution in [2.75, 3.05) is 57.8 Å². The largest absolute Gasteiger partial charge is 0.334 e. The smallest absolute Gasteiger partial charge is 0.248 e. The van der Waals surface area contributed by atoms with Gasteiger partial charge in [-0.05, 0) is 44.7 Å². The number of nitrogens with one attached hydrogen (secondary N) is 1. The van der Waals surface area contributed by atoms with Crippen LogP contribution in [0.15, 0.2) is 29.2 Å². The number of aryl methyl sites for hydroxylation is 1. The van der Waals surface area contributed by atoms with Crippen LogP contribution in [0.4, 0.5) is 5.69 Å². The quantitative estimate of drug-likeness (QED) is 0.581. The van der Waals surface area contributed by atoms with Crippen LogP contribution in [0, 0.1) is 19.8 Å². The van der Waals surface area contributed by atoms with Gasteiger partial charge in [0.25, 0.3) is 0 Å². The van der Waals surface area contributed by atoms with E-state index in [0.717, 1.165) is 43.9 Å². The van der Waals surface area contributed by atoms with E-state index in [1.807, 2.05) is 29.2 Å². The molecule has 0 bridgehead atoms. The lowest BCUT2D eigenvalue weighted by Gasteiger charge is -2.36. The van der Waals surface area contributed by atoms with Crippen molar-refractivity contribution in [2.45, 2.75) is 44.6 Å². The van der Waals surface area contributed by atoms with Crippen LogP contribution in [0.2, 0.25) is 0 Å². The minimum Gasteiger partial charge on any atom is -0.334 e. The Labute approximate surface area is 218 Å². The van der Waals surface area contributed by atoms with Gasteiger partial charge in [-0.25, -0.2) is 8.42 Å². The first-order chi connectivity index (χ1) is 17.7. The Hall–Kier alpha value is -2.76. The molecular weight excluding hydrogens is 492 g/mol. The number of nitrogens with zero attached hydrogens (tertiary/aromatic N) is 5. The van der Waals surface area contributed by atoms with Gasteiger partial charge in [0.1, 0.15) is 11.4 Å². The van der Waals surface area contributed by atoms with Gasteiger partial charge in [-0.3, -0.25) is 14.3 Å². The summed E-state index contributed by atoms with van der Waals surface area (Å²) in [5.41, 5.74) is 2.92. The molecule has 5 rings (SSSR count). The molecule has 0 aliphatic carbocycles. The summed E-state index contributed by atoms with van der Waals surface area (Å²) >= 11 is 0. The zero-order valence-corrected chi connectivity index (χ0v) is 22.8. The number of anilines is 1. The summed E-state index contributed by atoms with van der Waals surface area (Å²) in [4.78, 5) is 31.4. The molecule has 200 valence electrons. The van der Waals surface area contributed by atoms with E-state index in [4.69, 9.17) is 0 Å². The summed E-state index contributed by atoms with van der Waals surface area (Å²) in [5, 5.41) is 4.45. The number of piperazine rings is 1. The summed E-state index contributed by atoms with van der Waals surface area (Å²) in [6.45, 7) is 8.05. The van der Waals surface area contributed by atoms with E-state index in [1.54, 1.807) is 18.7 Å². The van der Waals surface area contributed by atoms with Gasteiger partial charge in [0.15, 0.2) is 0 Å². The van der Waals surface area contributed by atoms with Crippen molar-refractivity contribution >= 4 is 27.5 Å². The predicted molar refractivity (Wildman–Crippen MR) is 139 cm³/mol. The van der Waals surface area contributed by atoms with Crippen molar-refractivity contribution in [1.82, 2.24) is 19.0 Å². The molecule has 1 aromatic carbocycles. The molecule has 1 aromatic heterocycles. The number of carbonyl (C=O) groups excluding carboxylic acids is 2. The highest BCUT2D eigenvalue weighted by Gasteiger charge is 2.37. The molecule has 1 N–H and O–H groups in total. The third-order valence-corrected chi connectivity index (χ3v) is 10.3. The van der Waals surface area contributed by atoms with Gasteiger partial charge in [-0.2, -0.15) is 9.40 Å². The highest BCUT2D eigenvalue weighted by atomic mass is 32.2. The number of benzene rings is 1. The van der Waals surface area contributed by atoms with Gasteiger partial charge < -0.3 is 14.7 Å². The molecule has 0 radical (unpaired) electrons. The minimum absolute atomic E-state index is 0.0140. The number of para-hydroxylation sites is 1. The Balaban J connectivity index is 1.25. The lowest BCUT2D eigenvalue weighted by Crippen LogP contribution is -3.12. The van der Waals surface area contributed by atoms with Crippen molar-refractivity contribution in [2.24, 2.45) is 5.92 Å². The second-order valence-corrected chi connectivity index (χ2v) is 12.4. The SMILES string of the molecule is Cc1nn(CC(=O)N2CCc3ccccc32)c(C)c1S(=O)(=O)N1CCC(C(=O)N2CC[NH+](C)CC2)CC1. The first-order valence-electron chi connectivity index (χ1n) is 13.2. The Morgan fingerprint density at radius 3 is 2.41 bits per heavy atom. The molecule has 2 aromatic rings. The molecule has 37 heavy (non-hydrogen) atoms. The lowest BCUT2D eigenvalue weighted by atomic mass is 9.96. The van der Waals surface area contributed by atoms with Gasteiger partial charge in [-0.1, -0.05) is 18.2 Å². The third-order valence-electron chi connectivity index (χ3n) is 8.12. The second-order valence-electron chi connectivity index (χ2n) is 10.5. The lowest BCUT2D eigenvalue weighted by molar-refractivity contribution is -0.883. The molecule has 0 spiro atoms. The number of carbonyl (C=O) groups is 2. The number of fused-ring (bicyclic) bond motifs is 1. The van der Waals surface area contributed by atoms with Gasteiger partial charge in [-0.15, -0.1) is 0 Å². The Kier molecular flexibility index (Phi) is 7.12. The van der Waals surface area contributed by atoms with Crippen LogP contribution >= 0.6 is 0 Å². The number of rotatable bonds is 5. The number of quaternary nitrogens is 1. The number of sulfonamides is 1. The first kappa shape index (κ1) is 25.9. The van der Waals surface area contributed by atoms with Crippen LogP contribution in [0.5, 0.6) is 0 Å². The summed E-state index contributed by atoms with van der Waals surface area (Å²) < 4.78 is 30.3. The molecule has 0 saturated carbocycles. The molecule has 2 amide bonds. The summed E-state index contributed by atoms with van der Waals surface area (Å²) in [7, 11) is -1.65. The van der Waals surface area contributed by atoms with Gasteiger partial charge in [0, 0.05) is 31.2 Å². The van der Waals surface area contributed by atoms with E-state index in [2.05, 4.69) is 12.1 Å². The van der Waals surface area contributed by atoms with E-state index in [9.17, 15) is 18.0 Å². The fourth-order valence-corrected chi connectivity index (χ4v) is 7.70. The fourth-order valence-electron chi connectivity index (χ4n) is 5.86. The Morgan fingerprint density at radius 2 is 1.70 bits per heavy atom. The number of amides is 2. The standard InChI is InChI=1S/C26H36N6O4S/c1-19-25(20(2)32(27-19)18-24(33)31-13-10-21-6-4-5-7-23(21)31)37(35,36)30-11-8-22(9-12-30)26(34)29-16-14-28(3)15-17-29/h4-7,22H,8-18H2,1-3H3/p+1. The van der Waals surface area contributed by atoms with E-state index in [-0.39, 0.29) is 29.2 Å². The molecule has 2 fully saturated rings. The molecule has 2 saturated heterocycles. The molecule has 11 heteroatoms. The van der Waals surface area contributed by atoms with E-state index in [0.29, 0.717) is 43.9 Å². The van der Waals surface area contributed by atoms with Crippen LogP contribution < -0.4 is 9.80 Å². The van der Waals surface area contributed by atoms with Gasteiger partial charge >= 0.3 is 0 Å². The average Bonchev–Trinajstić information content (AvgIpc) is 3.44. The second kappa shape index (κ2) is 10.2. The van der Waals surface area contributed by atoms with Crippen molar-refractivity contribution in [1.29, 1.82) is 0 Å². The van der Waals surface area contributed by atoms with Crippen LogP contribution in [0.1, 0.15) is 29.8 Å². The van der Waals surface area contributed by atoms with E-state index in [1.165, 1.54) is 13.9 Å². The maximum atomic E-state index is 13.6. The fraction of sp³-hybridized carbons (Fsp3) is 0.577. The summed E-state index contributed by atoms with van der Waals surface area (Å²) in [6.07, 6.45) is 1.86. The van der Waals surface area contributed by atoms with Crippen molar-refractivity contribution < 1.29 is 22.9 Å². The van der Waals surface area contributed by atoms with Gasteiger partial charge in [0.05, 0.1) is 44.6 Å². The first-order valence-corrected chi connectivity index (χ1v) is 14.6. The molecule has 3 aliphatic heterocycles. The number of hydrogen-bond acceptors (Lipinski definition) is 5. The van der Waals surface area contributed by atoms with E-state index >= 15 is 0 Å². The highest BCUT2D eigenvalue weighted by Crippen LogP contribution is 2.30. The van der Waals surface area contributed by atoms with Crippen molar-refractivity contribution in [3.8, 4) is 0 Å². The molecular formula is C26H37N6O4S+. The zero-order chi connectivity index (χ0) is 26.3. The van der Waals surface area contributed by atoms with Gasteiger partial charge in [0.2, 0.25) is 21.8 Å². The normalized spacial score (nSPS) is 19.9.